The molecule has 1 nitrogen and oxygen atoms in total. The molecule has 1 aromatic heterocycles. The number of rotatable bonds is 5. The van der Waals surface area contributed by atoms with Crippen molar-refractivity contribution in [3.05, 3.63) is 163 Å². The van der Waals surface area contributed by atoms with Gasteiger partial charge in [0.2, 0.25) is 0 Å². The maximum atomic E-state index is 2.41. The summed E-state index contributed by atoms with van der Waals surface area (Å²) in [6.07, 6.45) is 0. The molecule has 0 aliphatic carbocycles. The quantitative estimate of drug-likeness (QED) is 0.186. The molecular weight excluding hydrogens is 539 g/mol. The van der Waals surface area contributed by atoms with Gasteiger partial charge in [-0.15, -0.1) is 11.3 Å². The summed E-state index contributed by atoms with van der Waals surface area (Å²) >= 11 is 1.90. The standard InChI is InChI=1S/C41H31NS/c1-41(2,29-13-5-3-6-14-29)30-22-24-32(25-23-30)42(31-15-7-4-8-16-31)37-27-28-21-26-36-34-18-11-12-20-38(34)43-40(36)39(28)35-19-10-9-17-33(35)37/h3-27H,1-2H3. The molecule has 2 heteroatoms. The van der Waals surface area contributed by atoms with E-state index < -0.39 is 0 Å². The van der Waals surface area contributed by atoms with E-state index in [2.05, 4.69) is 170 Å². The van der Waals surface area contributed by atoms with Crippen LogP contribution in [-0.2, 0) is 5.41 Å². The summed E-state index contributed by atoms with van der Waals surface area (Å²) in [5, 5.41) is 7.80. The minimum Gasteiger partial charge on any atom is -0.310 e. The van der Waals surface area contributed by atoms with E-state index in [1.807, 2.05) is 11.3 Å². The van der Waals surface area contributed by atoms with E-state index in [4.69, 9.17) is 0 Å². The highest BCUT2D eigenvalue weighted by molar-refractivity contribution is 7.26. The maximum Gasteiger partial charge on any atom is 0.0546 e. The maximum absolute atomic E-state index is 2.41. The lowest BCUT2D eigenvalue weighted by atomic mass is 9.78. The highest BCUT2D eigenvalue weighted by atomic mass is 32.1. The normalized spacial score (nSPS) is 12.0. The summed E-state index contributed by atoms with van der Waals surface area (Å²) in [4.78, 5) is 2.41. The van der Waals surface area contributed by atoms with Gasteiger partial charge in [-0.2, -0.15) is 0 Å². The van der Waals surface area contributed by atoms with Gasteiger partial charge in [0.1, 0.15) is 0 Å². The fourth-order valence-electron chi connectivity index (χ4n) is 6.59. The van der Waals surface area contributed by atoms with Crippen molar-refractivity contribution in [2.75, 3.05) is 4.90 Å². The lowest BCUT2D eigenvalue weighted by molar-refractivity contribution is 0.641. The molecule has 0 aliphatic rings. The molecule has 0 atom stereocenters. The monoisotopic (exact) mass is 569 g/mol. The Bertz CT molecular complexity index is 2240. The van der Waals surface area contributed by atoms with Gasteiger partial charge < -0.3 is 4.90 Å². The second-order valence-corrected chi connectivity index (χ2v) is 12.8. The molecule has 0 saturated heterocycles. The van der Waals surface area contributed by atoms with Crippen molar-refractivity contribution in [3.63, 3.8) is 0 Å². The van der Waals surface area contributed by atoms with Crippen LogP contribution < -0.4 is 4.90 Å². The molecule has 0 radical (unpaired) electrons. The van der Waals surface area contributed by atoms with Crippen LogP contribution in [0.3, 0.4) is 0 Å². The van der Waals surface area contributed by atoms with Crippen LogP contribution in [0.25, 0.3) is 41.7 Å². The number of hydrogen-bond donors (Lipinski definition) is 0. The lowest BCUT2D eigenvalue weighted by Gasteiger charge is -2.30. The minimum atomic E-state index is -0.0946. The third-order valence-electron chi connectivity index (χ3n) is 8.94. The molecule has 0 aliphatic heterocycles. The summed E-state index contributed by atoms with van der Waals surface area (Å²) in [5.74, 6) is 0. The summed E-state index contributed by atoms with van der Waals surface area (Å²) in [6.45, 7) is 4.61. The Labute approximate surface area is 256 Å². The predicted molar refractivity (Wildman–Crippen MR) is 188 cm³/mol. The first-order valence-corrected chi connectivity index (χ1v) is 15.7. The molecule has 0 unspecified atom stereocenters. The number of fused-ring (bicyclic) bond motifs is 7. The molecule has 8 aromatic rings. The Balaban J connectivity index is 1.35. The molecule has 0 fully saturated rings. The van der Waals surface area contributed by atoms with Gasteiger partial charge in [-0.3, -0.25) is 0 Å². The molecular formula is C41H31NS. The van der Waals surface area contributed by atoms with E-state index in [-0.39, 0.29) is 5.41 Å². The number of hydrogen-bond acceptors (Lipinski definition) is 2. The van der Waals surface area contributed by atoms with Gasteiger partial charge in [0.05, 0.1) is 5.69 Å². The van der Waals surface area contributed by atoms with Gasteiger partial charge in [0.15, 0.2) is 0 Å². The van der Waals surface area contributed by atoms with Crippen LogP contribution in [0.5, 0.6) is 0 Å². The van der Waals surface area contributed by atoms with Crippen LogP contribution in [0.2, 0.25) is 0 Å². The predicted octanol–water partition coefficient (Wildman–Crippen LogP) is 12.2. The van der Waals surface area contributed by atoms with Crippen molar-refractivity contribution in [2.45, 2.75) is 19.3 Å². The second kappa shape index (κ2) is 10.1. The van der Waals surface area contributed by atoms with Crippen LogP contribution in [-0.4, -0.2) is 0 Å². The van der Waals surface area contributed by atoms with Gasteiger partial charge in [-0.1, -0.05) is 129 Å². The van der Waals surface area contributed by atoms with E-state index in [0.29, 0.717) is 0 Å². The molecule has 0 N–H and O–H groups in total. The third-order valence-corrected chi connectivity index (χ3v) is 10.1. The summed E-state index contributed by atoms with van der Waals surface area (Å²) in [5.41, 5.74) is 5.99. The summed E-state index contributed by atoms with van der Waals surface area (Å²) in [6, 6.07) is 55.3. The Morgan fingerprint density at radius 3 is 1.81 bits per heavy atom. The highest BCUT2D eigenvalue weighted by Crippen LogP contribution is 2.46. The van der Waals surface area contributed by atoms with Crippen molar-refractivity contribution < 1.29 is 0 Å². The van der Waals surface area contributed by atoms with E-state index >= 15 is 0 Å². The van der Waals surface area contributed by atoms with Gasteiger partial charge in [0, 0.05) is 47.7 Å². The number of anilines is 3. The second-order valence-electron chi connectivity index (χ2n) is 11.8. The van der Waals surface area contributed by atoms with E-state index in [1.165, 1.54) is 58.5 Å². The third kappa shape index (κ3) is 4.21. The Morgan fingerprint density at radius 1 is 0.488 bits per heavy atom. The fourth-order valence-corrected chi connectivity index (χ4v) is 7.86. The van der Waals surface area contributed by atoms with E-state index in [9.17, 15) is 0 Å². The summed E-state index contributed by atoms with van der Waals surface area (Å²) in [7, 11) is 0. The highest BCUT2D eigenvalue weighted by Gasteiger charge is 2.24. The zero-order chi connectivity index (χ0) is 29.0. The Morgan fingerprint density at radius 2 is 1.07 bits per heavy atom. The topological polar surface area (TPSA) is 3.24 Å². The van der Waals surface area contributed by atoms with Crippen LogP contribution in [0.15, 0.2) is 152 Å². The fraction of sp³-hybridized carbons (Fsp3) is 0.0732. The van der Waals surface area contributed by atoms with Crippen LogP contribution >= 0.6 is 11.3 Å². The molecule has 7 aromatic carbocycles. The van der Waals surface area contributed by atoms with Crippen molar-refractivity contribution in [2.24, 2.45) is 0 Å². The average molecular weight is 570 g/mol. The molecule has 0 amide bonds. The van der Waals surface area contributed by atoms with Gasteiger partial charge in [-0.25, -0.2) is 0 Å². The first-order chi connectivity index (χ1) is 21.1. The van der Waals surface area contributed by atoms with Crippen LogP contribution in [0.4, 0.5) is 17.1 Å². The van der Waals surface area contributed by atoms with Crippen molar-refractivity contribution in [1.29, 1.82) is 0 Å². The largest absolute Gasteiger partial charge is 0.310 e. The Kier molecular flexibility index (Phi) is 6.06. The van der Waals surface area contributed by atoms with Crippen molar-refractivity contribution >= 4 is 70.1 Å². The molecule has 0 saturated carbocycles. The zero-order valence-corrected chi connectivity index (χ0v) is 25.1. The van der Waals surface area contributed by atoms with Gasteiger partial charge in [0.25, 0.3) is 0 Å². The molecule has 0 spiro atoms. The molecule has 43 heavy (non-hydrogen) atoms. The van der Waals surface area contributed by atoms with Crippen LogP contribution in [0, 0.1) is 0 Å². The van der Waals surface area contributed by atoms with Crippen molar-refractivity contribution in [3.8, 4) is 0 Å². The number of nitrogens with zero attached hydrogens (tertiary/aromatic N) is 1. The molecule has 1 heterocycles. The minimum absolute atomic E-state index is 0.0946. The Hall–Kier alpha value is -4.92. The van der Waals surface area contributed by atoms with Crippen molar-refractivity contribution in [1.82, 2.24) is 0 Å². The molecule has 8 rings (SSSR count). The number of para-hydroxylation sites is 1. The number of thiophene rings is 1. The van der Waals surface area contributed by atoms with Gasteiger partial charge >= 0.3 is 0 Å². The molecule has 0 bridgehead atoms. The zero-order valence-electron chi connectivity index (χ0n) is 24.3. The average Bonchev–Trinajstić information content (AvgIpc) is 3.45. The molecule has 206 valence electrons. The number of benzene rings is 7. The lowest BCUT2D eigenvalue weighted by Crippen LogP contribution is -2.19. The first-order valence-electron chi connectivity index (χ1n) is 14.9. The van der Waals surface area contributed by atoms with Crippen LogP contribution in [0.1, 0.15) is 25.0 Å². The summed E-state index contributed by atoms with van der Waals surface area (Å²) < 4.78 is 2.70. The van der Waals surface area contributed by atoms with Gasteiger partial charge in [-0.05, 0) is 58.3 Å². The van der Waals surface area contributed by atoms with E-state index in [0.717, 1.165) is 11.4 Å². The smallest absolute Gasteiger partial charge is 0.0546 e. The van der Waals surface area contributed by atoms with E-state index in [1.54, 1.807) is 0 Å². The SMILES string of the molecule is CC(C)(c1ccccc1)c1ccc(N(c2ccccc2)c2cc3ccc4c5ccccc5sc4c3c3ccccc23)cc1. The first kappa shape index (κ1) is 25.8.